The second-order valence-corrected chi connectivity index (χ2v) is 7.32. The van der Waals surface area contributed by atoms with Gasteiger partial charge in [0, 0.05) is 13.2 Å². The van der Waals surface area contributed by atoms with E-state index in [9.17, 15) is 13.2 Å². The molecule has 0 atom stereocenters. The lowest BCUT2D eigenvalue weighted by Crippen LogP contribution is -2.41. The van der Waals surface area contributed by atoms with Crippen LogP contribution in [0.4, 0.5) is 0 Å². The number of rotatable bonds is 8. The maximum absolute atomic E-state index is 11.9. The largest absolute Gasteiger partial charge is 0.396 e. The summed E-state index contributed by atoms with van der Waals surface area (Å²) in [7, 11) is -3.67. The molecular formula is C14H22N2O4S. The van der Waals surface area contributed by atoms with E-state index in [0.29, 0.717) is 13.0 Å². The molecule has 0 aliphatic rings. The van der Waals surface area contributed by atoms with Gasteiger partial charge in [0.25, 0.3) is 0 Å². The third-order valence-electron chi connectivity index (χ3n) is 3.03. The van der Waals surface area contributed by atoms with Gasteiger partial charge in [-0.25, -0.2) is 13.1 Å². The fourth-order valence-corrected chi connectivity index (χ4v) is 2.64. The Kier molecular flexibility index (Phi) is 6.32. The van der Waals surface area contributed by atoms with Crippen LogP contribution in [0.2, 0.25) is 0 Å². The lowest BCUT2D eigenvalue weighted by Gasteiger charge is -2.23. The number of carbonyl (C=O) groups is 1. The molecule has 1 rings (SSSR count). The van der Waals surface area contributed by atoms with Gasteiger partial charge in [0.1, 0.15) is 0 Å². The van der Waals surface area contributed by atoms with Crippen molar-refractivity contribution in [2.75, 3.05) is 19.7 Å². The van der Waals surface area contributed by atoms with E-state index < -0.39 is 15.9 Å². The Morgan fingerprint density at radius 1 is 1.24 bits per heavy atom. The summed E-state index contributed by atoms with van der Waals surface area (Å²) < 4.78 is 26.1. The van der Waals surface area contributed by atoms with E-state index in [0.717, 1.165) is 0 Å². The summed E-state index contributed by atoms with van der Waals surface area (Å²) in [6.07, 6.45) is 0.559. The van der Waals surface area contributed by atoms with Crippen LogP contribution in [0, 0.1) is 5.41 Å². The number of aliphatic hydroxyl groups is 1. The number of sulfonamides is 1. The molecule has 0 spiro atoms. The second-order valence-electron chi connectivity index (χ2n) is 5.55. The summed E-state index contributed by atoms with van der Waals surface area (Å²) in [6.45, 7) is 3.94. The predicted molar refractivity (Wildman–Crippen MR) is 80.1 cm³/mol. The average molecular weight is 314 g/mol. The zero-order valence-electron chi connectivity index (χ0n) is 12.3. The second kappa shape index (κ2) is 7.53. The highest BCUT2D eigenvalue weighted by Gasteiger charge is 2.19. The van der Waals surface area contributed by atoms with E-state index in [2.05, 4.69) is 10.0 Å². The van der Waals surface area contributed by atoms with Gasteiger partial charge in [0.15, 0.2) is 0 Å². The van der Waals surface area contributed by atoms with Crippen molar-refractivity contribution >= 4 is 15.9 Å². The molecule has 6 nitrogen and oxygen atoms in total. The first-order valence-corrected chi connectivity index (χ1v) is 8.17. The van der Waals surface area contributed by atoms with Gasteiger partial charge in [-0.2, -0.15) is 0 Å². The number of amides is 1. The van der Waals surface area contributed by atoms with Crippen molar-refractivity contribution in [1.29, 1.82) is 0 Å². The Labute approximate surface area is 125 Å². The van der Waals surface area contributed by atoms with Crippen molar-refractivity contribution in [3.8, 4) is 0 Å². The topological polar surface area (TPSA) is 95.5 Å². The van der Waals surface area contributed by atoms with E-state index in [1.54, 1.807) is 18.2 Å². The number of benzene rings is 1. The van der Waals surface area contributed by atoms with E-state index >= 15 is 0 Å². The summed E-state index contributed by atoms with van der Waals surface area (Å²) in [4.78, 5) is 11.8. The van der Waals surface area contributed by atoms with Gasteiger partial charge in [-0.05, 0) is 24.0 Å². The molecule has 0 radical (unpaired) electrons. The molecule has 0 saturated carbocycles. The maximum Gasteiger partial charge on any atom is 0.241 e. The first-order chi connectivity index (χ1) is 9.77. The molecule has 0 fully saturated rings. The first kappa shape index (κ1) is 17.6. The Hall–Kier alpha value is -1.44. The lowest BCUT2D eigenvalue weighted by molar-refractivity contribution is -0.120. The number of hydrogen-bond donors (Lipinski definition) is 3. The monoisotopic (exact) mass is 314 g/mol. The Balaban J connectivity index is 2.47. The van der Waals surface area contributed by atoms with Crippen LogP contribution in [0.1, 0.15) is 20.3 Å². The predicted octanol–water partition coefficient (Wildman–Crippen LogP) is 0.490. The number of aliphatic hydroxyl groups excluding tert-OH is 1. The smallest absolute Gasteiger partial charge is 0.241 e. The van der Waals surface area contributed by atoms with Gasteiger partial charge < -0.3 is 10.4 Å². The molecule has 1 aromatic carbocycles. The molecule has 0 aromatic heterocycles. The number of hydrogen-bond acceptors (Lipinski definition) is 4. The van der Waals surface area contributed by atoms with E-state index in [1.165, 1.54) is 12.1 Å². The molecule has 0 saturated heterocycles. The van der Waals surface area contributed by atoms with Crippen LogP contribution in [0.15, 0.2) is 35.2 Å². The molecule has 0 heterocycles. The Bertz CT molecular complexity index is 556. The standard InChI is InChI=1S/C14H22N2O4S/c1-14(2,8-9-17)11-15-13(18)10-16-21(19,20)12-6-4-3-5-7-12/h3-7,16-17H,8-11H2,1-2H3,(H,15,18). The van der Waals surface area contributed by atoms with E-state index in [1.807, 2.05) is 13.8 Å². The zero-order valence-corrected chi connectivity index (χ0v) is 13.1. The molecule has 3 N–H and O–H groups in total. The van der Waals surface area contributed by atoms with Crippen LogP contribution >= 0.6 is 0 Å². The SMILES string of the molecule is CC(C)(CCO)CNC(=O)CNS(=O)(=O)c1ccccc1. The number of nitrogens with one attached hydrogen (secondary N) is 2. The summed E-state index contributed by atoms with van der Waals surface area (Å²) in [6, 6.07) is 7.88. The molecule has 118 valence electrons. The van der Waals surface area contributed by atoms with Gasteiger partial charge in [-0.15, -0.1) is 0 Å². The summed E-state index contributed by atoms with van der Waals surface area (Å²) >= 11 is 0. The fourth-order valence-electron chi connectivity index (χ4n) is 1.63. The Morgan fingerprint density at radius 2 is 1.86 bits per heavy atom. The van der Waals surface area contributed by atoms with Crippen LogP contribution in [0.5, 0.6) is 0 Å². The number of carbonyl (C=O) groups excluding carboxylic acids is 1. The normalized spacial score (nSPS) is 12.1. The van der Waals surface area contributed by atoms with Gasteiger partial charge in [-0.1, -0.05) is 32.0 Å². The highest BCUT2D eigenvalue weighted by molar-refractivity contribution is 7.89. The van der Waals surface area contributed by atoms with Gasteiger partial charge in [-0.3, -0.25) is 4.79 Å². The van der Waals surface area contributed by atoms with Crippen molar-refractivity contribution in [2.45, 2.75) is 25.2 Å². The molecule has 7 heteroatoms. The molecule has 1 aromatic rings. The first-order valence-electron chi connectivity index (χ1n) is 6.69. The Morgan fingerprint density at radius 3 is 2.43 bits per heavy atom. The van der Waals surface area contributed by atoms with Crippen LogP contribution in [-0.4, -0.2) is 39.1 Å². The molecular weight excluding hydrogens is 292 g/mol. The molecule has 21 heavy (non-hydrogen) atoms. The summed E-state index contributed by atoms with van der Waals surface area (Å²) in [5.74, 6) is -0.402. The third-order valence-corrected chi connectivity index (χ3v) is 4.45. The van der Waals surface area contributed by atoms with Gasteiger partial charge in [0.2, 0.25) is 15.9 Å². The van der Waals surface area contributed by atoms with Crippen molar-refractivity contribution in [2.24, 2.45) is 5.41 Å². The molecule has 0 aliphatic carbocycles. The molecule has 0 bridgehead atoms. The molecule has 0 aliphatic heterocycles. The zero-order chi connectivity index (χ0) is 15.9. The quantitative estimate of drug-likeness (QED) is 0.651. The van der Waals surface area contributed by atoms with Gasteiger partial charge in [0.05, 0.1) is 11.4 Å². The minimum Gasteiger partial charge on any atom is -0.396 e. The lowest BCUT2D eigenvalue weighted by atomic mass is 9.90. The summed E-state index contributed by atoms with van der Waals surface area (Å²) in [5.41, 5.74) is -0.233. The van der Waals surface area contributed by atoms with E-state index in [4.69, 9.17) is 5.11 Å². The molecule has 1 amide bonds. The van der Waals surface area contributed by atoms with Crippen LogP contribution in [0.3, 0.4) is 0 Å². The fraction of sp³-hybridized carbons (Fsp3) is 0.500. The van der Waals surface area contributed by atoms with Crippen molar-refractivity contribution in [3.05, 3.63) is 30.3 Å². The van der Waals surface area contributed by atoms with Crippen LogP contribution in [0.25, 0.3) is 0 Å². The summed E-state index contributed by atoms with van der Waals surface area (Å²) in [5, 5.41) is 11.6. The minimum absolute atomic E-state index is 0.0451. The minimum atomic E-state index is -3.67. The van der Waals surface area contributed by atoms with Crippen LogP contribution < -0.4 is 10.0 Å². The average Bonchev–Trinajstić information content (AvgIpc) is 2.44. The third kappa shape index (κ3) is 6.24. The maximum atomic E-state index is 11.9. The van der Waals surface area contributed by atoms with Crippen molar-refractivity contribution in [3.63, 3.8) is 0 Å². The van der Waals surface area contributed by atoms with E-state index in [-0.39, 0.29) is 23.5 Å². The van der Waals surface area contributed by atoms with Crippen LogP contribution in [-0.2, 0) is 14.8 Å². The van der Waals surface area contributed by atoms with Crippen molar-refractivity contribution < 1.29 is 18.3 Å². The van der Waals surface area contributed by atoms with Gasteiger partial charge >= 0.3 is 0 Å². The highest BCUT2D eigenvalue weighted by Crippen LogP contribution is 2.17. The highest BCUT2D eigenvalue weighted by atomic mass is 32.2. The molecule has 0 unspecified atom stereocenters. The van der Waals surface area contributed by atoms with Crippen molar-refractivity contribution in [1.82, 2.24) is 10.0 Å².